The van der Waals surface area contributed by atoms with Gasteiger partial charge >= 0.3 is 6.03 Å². The number of carbonyl (C=O) groups excluding carboxylic acids is 1. The maximum Gasteiger partial charge on any atom is 0.317 e. The number of nitrogens with one attached hydrogen (secondary N) is 1. The van der Waals surface area contributed by atoms with Gasteiger partial charge in [-0.3, -0.25) is 0 Å². The third-order valence-corrected chi connectivity index (χ3v) is 5.15. The first-order chi connectivity index (χ1) is 10.6. The van der Waals surface area contributed by atoms with Gasteiger partial charge in [0.25, 0.3) is 0 Å². The minimum Gasteiger partial charge on any atom is -0.393 e. The number of likely N-dealkylation sites (tertiary alicyclic amines) is 1. The minimum absolute atomic E-state index is 0.0259. The van der Waals surface area contributed by atoms with Crippen molar-refractivity contribution in [3.8, 4) is 0 Å². The Bertz CT molecular complexity index is 482. The zero-order valence-corrected chi connectivity index (χ0v) is 14.4. The molecule has 0 spiro atoms. The molecule has 0 saturated carbocycles. The van der Waals surface area contributed by atoms with Gasteiger partial charge in [-0.15, -0.1) is 11.8 Å². The molecule has 6 heteroatoms. The number of thioether (sulfide) groups is 1. The Kier molecular flexibility index (Phi) is 6.86. The molecule has 22 heavy (non-hydrogen) atoms. The van der Waals surface area contributed by atoms with E-state index in [9.17, 15) is 9.90 Å². The Hall–Kier alpha value is -0.910. The van der Waals surface area contributed by atoms with Gasteiger partial charge in [-0.05, 0) is 44.0 Å². The number of nitrogens with zero attached hydrogens (tertiary/aromatic N) is 1. The highest BCUT2D eigenvalue weighted by molar-refractivity contribution is 7.99. The second-order valence-corrected chi connectivity index (χ2v) is 7.23. The summed E-state index contributed by atoms with van der Waals surface area (Å²) >= 11 is 7.54. The fraction of sp³-hybridized carbons (Fsp3) is 0.562. The van der Waals surface area contributed by atoms with Crippen molar-refractivity contribution in [2.24, 2.45) is 5.92 Å². The van der Waals surface area contributed by atoms with E-state index >= 15 is 0 Å². The van der Waals surface area contributed by atoms with Crippen molar-refractivity contribution in [1.29, 1.82) is 0 Å². The zero-order valence-electron chi connectivity index (χ0n) is 12.8. The summed E-state index contributed by atoms with van der Waals surface area (Å²) in [6, 6.07) is 7.67. The van der Waals surface area contributed by atoms with E-state index in [1.54, 1.807) is 18.7 Å². The summed E-state index contributed by atoms with van der Waals surface area (Å²) in [6.07, 6.45) is 1.60. The van der Waals surface area contributed by atoms with Crippen LogP contribution >= 0.6 is 23.4 Å². The van der Waals surface area contributed by atoms with Crippen LogP contribution in [0.4, 0.5) is 4.79 Å². The maximum absolute atomic E-state index is 12.1. The Morgan fingerprint density at radius 1 is 1.50 bits per heavy atom. The quantitative estimate of drug-likeness (QED) is 0.638. The largest absolute Gasteiger partial charge is 0.393 e. The van der Waals surface area contributed by atoms with E-state index in [4.69, 9.17) is 11.6 Å². The van der Waals surface area contributed by atoms with Crippen LogP contribution in [-0.4, -0.2) is 47.5 Å². The number of aliphatic hydroxyl groups excluding tert-OH is 1. The zero-order chi connectivity index (χ0) is 15.9. The van der Waals surface area contributed by atoms with Crippen LogP contribution in [0, 0.1) is 5.92 Å². The SMILES string of the molecule is C[C@H](O)[C@@H]1CCCN(C(=O)NCCSc2ccc(Cl)cc2)C1. The number of halogens is 1. The first-order valence-corrected chi connectivity index (χ1v) is 9.02. The number of aliphatic hydroxyl groups is 1. The lowest BCUT2D eigenvalue weighted by atomic mass is 9.94. The number of benzene rings is 1. The predicted octanol–water partition coefficient (Wildman–Crippen LogP) is 3.23. The first-order valence-electron chi connectivity index (χ1n) is 7.65. The highest BCUT2D eigenvalue weighted by Gasteiger charge is 2.26. The molecule has 0 aromatic heterocycles. The van der Waals surface area contributed by atoms with Gasteiger partial charge < -0.3 is 15.3 Å². The second-order valence-electron chi connectivity index (χ2n) is 5.62. The van der Waals surface area contributed by atoms with Gasteiger partial charge in [-0.1, -0.05) is 11.6 Å². The summed E-state index contributed by atoms with van der Waals surface area (Å²) < 4.78 is 0. The monoisotopic (exact) mass is 342 g/mol. The molecule has 1 aromatic carbocycles. The van der Waals surface area contributed by atoms with Gasteiger partial charge in [0, 0.05) is 41.2 Å². The summed E-state index contributed by atoms with van der Waals surface area (Å²) in [6.45, 7) is 3.85. The van der Waals surface area contributed by atoms with Crippen molar-refractivity contribution in [3.63, 3.8) is 0 Å². The molecule has 2 rings (SSSR count). The lowest BCUT2D eigenvalue weighted by Gasteiger charge is -2.34. The third kappa shape index (κ3) is 5.38. The van der Waals surface area contributed by atoms with Crippen LogP contribution in [0.1, 0.15) is 19.8 Å². The second kappa shape index (κ2) is 8.65. The number of hydrogen-bond acceptors (Lipinski definition) is 3. The summed E-state index contributed by atoms with van der Waals surface area (Å²) in [5.41, 5.74) is 0. The number of carbonyl (C=O) groups is 1. The molecule has 2 amide bonds. The van der Waals surface area contributed by atoms with Crippen LogP contribution in [0.2, 0.25) is 5.02 Å². The lowest BCUT2D eigenvalue weighted by Crippen LogP contribution is -2.47. The van der Waals surface area contributed by atoms with Crippen molar-refractivity contribution >= 4 is 29.4 Å². The standard InChI is InChI=1S/C16H23ClN2O2S/c1-12(20)13-3-2-9-19(11-13)16(21)18-8-10-22-15-6-4-14(17)5-7-15/h4-7,12-13,20H,2-3,8-11H2,1H3,(H,18,21)/t12-,13+/m0/s1. The van der Waals surface area contributed by atoms with Gasteiger partial charge in [0.2, 0.25) is 0 Å². The Balaban J connectivity index is 1.68. The smallest absolute Gasteiger partial charge is 0.317 e. The Morgan fingerprint density at radius 3 is 2.91 bits per heavy atom. The molecule has 1 fully saturated rings. The van der Waals surface area contributed by atoms with Crippen molar-refractivity contribution in [2.45, 2.75) is 30.8 Å². The Labute approximate surface area is 141 Å². The molecule has 1 aliphatic rings. The Morgan fingerprint density at radius 2 is 2.23 bits per heavy atom. The van der Waals surface area contributed by atoms with Gasteiger partial charge in [0.05, 0.1) is 6.10 Å². The highest BCUT2D eigenvalue weighted by atomic mass is 35.5. The summed E-state index contributed by atoms with van der Waals surface area (Å²) in [5.74, 6) is 1.02. The topological polar surface area (TPSA) is 52.6 Å². The van der Waals surface area contributed by atoms with Crippen LogP contribution in [0.5, 0.6) is 0 Å². The molecule has 1 aliphatic heterocycles. The number of amides is 2. The molecular weight excluding hydrogens is 320 g/mol. The van der Waals surface area contributed by atoms with E-state index in [1.165, 1.54) is 0 Å². The molecule has 0 aliphatic carbocycles. The molecule has 1 saturated heterocycles. The van der Waals surface area contributed by atoms with Crippen LogP contribution in [0.3, 0.4) is 0 Å². The van der Waals surface area contributed by atoms with E-state index in [0.29, 0.717) is 13.1 Å². The summed E-state index contributed by atoms with van der Waals surface area (Å²) in [5, 5.41) is 13.3. The predicted molar refractivity (Wildman–Crippen MR) is 91.6 cm³/mol. The molecule has 122 valence electrons. The molecule has 2 atom stereocenters. The highest BCUT2D eigenvalue weighted by Crippen LogP contribution is 2.21. The summed E-state index contributed by atoms with van der Waals surface area (Å²) in [4.78, 5) is 15.1. The van der Waals surface area contributed by atoms with Crippen LogP contribution < -0.4 is 5.32 Å². The maximum atomic E-state index is 12.1. The van der Waals surface area contributed by atoms with E-state index < -0.39 is 0 Å². The molecule has 0 radical (unpaired) electrons. The summed E-state index contributed by atoms with van der Waals surface area (Å²) in [7, 11) is 0. The lowest BCUT2D eigenvalue weighted by molar-refractivity contribution is 0.0741. The number of rotatable bonds is 5. The van der Waals surface area contributed by atoms with Gasteiger partial charge in [-0.2, -0.15) is 0 Å². The molecule has 0 unspecified atom stereocenters. The molecule has 0 bridgehead atoms. The van der Waals surface area contributed by atoms with Crippen LogP contribution in [-0.2, 0) is 0 Å². The van der Waals surface area contributed by atoms with Crippen LogP contribution in [0.25, 0.3) is 0 Å². The van der Waals surface area contributed by atoms with Gasteiger partial charge in [-0.25, -0.2) is 4.79 Å². The van der Waals surface area contributed by atoms with E-state index in [0.717, 1.165) is 35.1 Å². The van der Waals surface area contributed by atoms with E-state index in [2.05, 4.69) is 5.32 Å². The number of piperidine rings is 1. The minimum atomic E-state index is -0.351. The van der Waals surface area contributed by atoms with Crippen LogP contribution in [0.15, 0.2) is 29.2 Å². The molecule has 1 aromatic rings. The average Bonchev–Trinajstić information content (AvgIpc) is 2.53. The fourth-order valence-electron chi connectivity index (χ4n) is 2.56. The van der Waals surface area contributed by atoms with E-state index in [-0.39, 0.29) is 18.1 Å². The van der Waals surface area contributed by atoms with Crippen molar-refractivity contribution < 1.29 is 9.90 Å². The molecule has 2 N–H and O–H groups in total. The molecule has 1 heterocycles. The van der Waals surface area contributed by atoms with Gasteiger partial charge in [0.15, 0.2) is 0 Å². The molecular formula is C16H23ClN2O2S. The van der Waals surface area contributed by atoms with Gasteiger partial charge in [0.1, 0.15) is 0 Å². The fourth-order valence-corrected chi connectivity index (χ4v) is 3.45. The van der Waals surface area contributed by atoms with E-state index in [1.807, 2.05) is 29.2 Å². The van der Waals surface area contributed by atoms with Crippen molar-refractivity contribution in [1.82, 2.24) is 10.2 Å². The number of hydrogen-bond donors (Lipinski definition) is 2. The van der Waals surface area contributed by atoms with Crippen molar-refractivity contribution in [3.05, 3.63) is 29.3 Å². The number of urea groups is 1. The molecule has 4 nitrogen and oxygen atoms in total. The van der Waals surface area contributed by atoms with Crippen molar-refractivity contribution in [2.75, 3.05) is 25.4 Å². The average molecular weight is 343 g/mol. The first kappa shape index (κ1) is 17.4. The normalized spacial score (nSPS) is 19.8. The third-order valence-electron chi connectivity index (χ3n) is 3.89.